The molecule has 0 fully saturated rings. The van der Waals surface area contributed by atoms with Crippen LogP contribution in [0.2, 0.25) is 0 Å². The molecule has 4 aromatic rings. The van der Waals surface area contributed by atoms with Crippen molar-refractivity contribution in [1.82, 2.24) is 14.8 Å². The van der Waals surface area contributed by atoms with Gasteiger partial charge in [-0.25, -0.2) is 4.68 Å². The van der Waals surface area contributed by atoms with E-state index in [1.807, 2.05) is 79.9 Å². The van der Waals surface area contributed by atoms with Crippen molar-refractivity contribution in [3.05, 3.63) is 82.2 Å². The van der Waals surface area contributed by atoms with Gasteiger partial charge < -0.3 is 20.1 Å². The Bertz CT molecular complexity index is 1380. The predicted molar refractivity (Wildman–Crippen MR) is 137 cm³/mol. The van der Waals surface area contributed by atoms with E-state index in [1.165, 1.54) is 0 Å². The number of nitrogens with one attached hydrogen (secondary N) is 2. The first-order valence-electron chi connectivity index (χ1n) is 11.2. The predicted octanol–water partition coefficient (Wildman–Crippen LogP) is 5.34. The van der Waals surface area contributed by atoms with Gasteiger partial charge in [0.1, 0.15) is 17.5 Å². The molecular weight excluding hydrogens is 462 g/mol. The summed E-state index contributed by atoms with van der Waals surface area (Å²) in [5.74, 6) is 2.30. The molecule has 2 N–H and O–H groups in total. The normalized spacial score (nSPS) is 14.8. The van der Waals surface area contributed by atoms with Gasteiger partial charge in [-0.15, -0.1) is 16.4 Å². The summed E-state index contributed by atoms with van der Waals surface area (Å²) in [6.07, 6.45) is 0. The molecule has 178 valence electrons. The average molecular weight is 488 g/mol. The molecule has 2 aromatic heterocycles. The number of carbonyl (C=O) groups is 1. The fourth-order valence-electron chi connectivity index (χ4n) is 4.08. The Labute approximate surface area is 207 Å². The van der Waals surface area contributed by atoms with Crippen LogP contribution in [-0.4, -0.2) is 34.4 Å². The average Bonchev–Trinajstić information content (AvgIpc) is 3.54. The number of anilines is 2. The standard InChI is InChI=1S/C26H25N5O3S/c1-4-34-18-13-11-17(12-14-18)24-29-26-27-16(2)22(23(31(26)30-24)21-10-7-15-35-21)25(32)28-19-8-5-6-9-20(19)33-3/h5-15,23H,4H2,1-3H3,(H,28,32)(H,27,29,30)/t23-/m0/s1. The van der Waals surface area contributed by atoms with Crippen LogP contribution in [0.5, 0.6) is 11.5 Å². The summed E-state index contributed by atoms with van der Waals surface area (Å²) in [5.41, 5.74) is 2.74. The maximum Gasteiger partial charge on any atom is 0.256 e. The first-order chi connectivity index (χ1) is 17.1. The second-order valence-electron chi connectivity index (χ2n) is 7.90. The van der Waals surface area contributed by atoms with Crippen LogP contribution in [-0.2, 0) is 4.79 Å². The van der Waals surface area contributed by atoms with Gasteiger partial charge >= 0.3 is 0 Å². The molecule has 9 heteroatoms. The molecule has 8 nitrogen and oxygen atoms in total. The summed E-state index contributed by atoms with van der Waals surface area (Å²) in [7, 11) is 1.58. The lowest BCUT2D eigenvalue weighted by Crippen LogP contribution is -2.31. The second-order valence-corrected chi connectivity index (χ2v) is 8.88. The topological polar surface area (TPSA) is 90.3 Å². The van der Waals surface area contributed by atoms with Gasteiger partial charge in [-0.3, -0.25) is 4.79 Å². The van der Waals surface area contributed by atoms with Crippen LogP contribution in [0.1, 0.15) is 24.8 Å². The smallest absolute Gasteiger partial charge is 0.256 e. The molecule has 0 unspecified atom stereocenters. The van der Waals surface area contributed by atoms with Crippen molar-refractivity contribution in [2.75, 3.05) is 24.4 Å². The fourth-order valence-corrected chi connectivity index (χ4v) is 4.90. The summed E-state index contributed by atoms with van der Waals surface area (Å²) in [5, 5.41) is 13.1. The maximum atomic E-state index is 13.6. The number of aromatic nitrogens is 3. The molecule has 0 aliphatic carbocycles. The minimum absolute atomic E-state index is 0.235. The zero-order valence-electron chi connectivity index (χ0n) is 19.6. The van der Waals surface area contributed by atoms with Crippen LogP contribution < -0.4 is 20.1 Å². The second kappa shape index (κ2) is 9.63. The molecule has 0 spiro atoms. The van der Waals surface area contributed by atoms with Crippen molar-refractivity contribution >= 4 is 28.9 Å². The lowest BCUT2D eigenvalue weighted by molar-refractivity contribution is -0.113. The van der Waals surface area contributed by atoms with E-state index in [9.17, 15) is 4.79 Å². The van der Waals surface area contributed by atoms with Gasteiger partial charge in [0.05, 0.1) is 25.0 Å². The van der Waals surface area contributed by atoms with Gasteiger partial charge in [-0.2, -0.15) is 4.98 Å². The van der Waals surface area contributed by atoms with Crippen LogP contribution in [0.4, 0.5) is 11.6 Å². The van der Waals surface area contributed by atoms with Gasteiger partial charge in [0.2, 0.25) is 5.95 Å². The van der Waals surface area contributed by atoms with Gasteiger partial charge in [0.15, 0.2) is 5.82 Å². The van der Waals surface area contributed by atoms with Crippen LogP contribution in [0.15, 0.2) is 77.3 Å². The monoisotopic (exact) mass is 487 g/mol. The van der Waals surface area contributed by atoms with Gasteiger partial charge in [0.25, 0.3) is 5.91 Å². The molecule has 0 saturated carbocycles. The third kappa shape index (κ3) is 4.38. The van der Waals surface area contributed by atoms with E-state index in [2.05, 4.69) is 10.6 Å². The molecular formula is C26H25N5O3S. The van der Waals surface area contributed by atoms with E-state index in [0.29, 0.717) is 41.1 Å². The SMILES string of the molecule is CCOc1ccc(-c2nc3n(n2)[C@@H](c2cccs2)C(C(=O)Nc2ccccc2OC)=C(C)N3)cc1. The maximum absolute atomic E-state index is 13.6. The molecule has 1 aliphatic heterocycles. The molecule has 2 aromatic carbocycles. The Morgan fingerprint density at radius 3 is 2.66 bits per heavy atom. The van der Waals surface area contributed by atoms with E-state index in [-0.39, 0.29) is 5.91 Å². The number of amides is 1. The molecule has 1 amide bonds. The highest BCUT2D eigenvalue weighted by Crippen LogP contribution is 2.39. The number of carbonyl (C=O) groups excluding carboxylic acids is 1. The fraction of sp³-hybridized carbons (Fsp3) is 0.192. The molecule has 0 saturated heterocycles. The van der Waals surface area contributed by atoms with Crippen molar-refractivity contribution in [3.63, 3.8) is 0 Å². The Morgan fingerprint density at radius 1 is 1.14 bits per heavy atom. The number of methoxy groups -OCH3 is 1. The van der Waals surface area contributed by atoms with E-state index < -0.39 is 6.04 Å². The van der Waals surface area contributed by atoms with E-state index in [4.69, 9.17) is 19.6 Å². The van der Waals surface area contributed by atoms with E-state index in [0.717, 1.165) is 16.2 Å². The Hall–Kier alpha value is -4.11. The van der Waals surface area contributed by atoms with Crippen molar-refractivity contribution in [1.29, 1.82) is 0 Å². The summed E-state index contributed by atoms with van der Waals surface area (Å²) < 4.78 is 12.7. The molecule has 1 aliphatic rings. The molecule has 0 bridgehead atoms. The number of thiophene rings is 1. The first-order valence-corrected chi connectivity index (χ1v) is 12.1. The van der Waals surface area contributed by atoms with Crippen LogP contribution in [0.3, 0.4) is 0 Å². The highest BCUT2D eigenvalue weighted by Gasteiger charge is 2.35. The van der Waals surface area contributed by atoms with Gasteiger partial charge in [-0.05, 0) is 61.7 Å². The zero-order valence-corrected chi connectivity index (χ0v) is 20.4. The Morgan fingerprint density at radius 2 is 1.94 bits per heavy atom. The van der Waals surface area contributed by atoms with Gasteiger partial charge in [-0.1, -0.05) is 18.2 Å². The highest BCUT2D eigenvalue weighted by atomic mass is 32.1. The number of nitrogens with zero attached hydrogens (tertiary/aromatic N) is 3. The van der Waals surface area contributed by atoms with Crippen molar-refractivity contribution in [3.8, 4) is 22.9 Å². The summed E-state index contributed by atoms with van der Waals surface area (Å²) in [4.78, 5) is 19.3. The minimum atomic E-state index is -0.426. The van der Waals surface area contributed by atoms with Gasteiger partial charge in [0, 0.05) is 16.1 Å². The third-order valence-corrected chi connectivity index (χ3v) is 6.61. The van der Waals surface area contributed by atoms with Crippen molar-refractivity contribution in [2.45, 2.75) is 19.9 Å². The Kier molecular flexibility index (Phi) is 6.24. The molecule has 35 heavy (non-hydrogen) atoms. The van der Waals surface area contributed by atoms with Crippen LogP contribution >= 0.6 is 11.3 Å². The summed E-state index contributed by atoms with van der Waals surface area (Å²) in [6, 6.07) is 18.6. The number of allylic oxidation sites excluding steroid dienone is 1. The number of para-hydroxylation sites is 2. The minimum Gasteiger partial charge on any atom is -0.495 e. The summed E-state index contributed by atoms with van der Waals surface area (Å²) in [6.45, 7) is 4.44. The van der Waals surface area contributed by atoms with Crippen LogP contribution in [0.25, 0.3) is 11.4 Å². The number of hydrogen-bond acceptors (Lipinski definition) is 7. The lowest BCUT2D eigenvalue weighted by Gasteiger charge is -2.27. The van der Waals surface area contributed by atoms with Crippen molar-refractivity contribution in [2.24, 2.45) is 0 Å². The van der Waals surface area contributed by atoms with E-state index in [1.54, 1.807) is 23.1 Å². The lowest BCUT2D eigenvalue weighted by atomic mass is 10.0. The quantitative estimate of drug-likeness (QED) is 0.366. The number of hydrogen-bond donors (Lipinski definition) is 2. The summed E-state index contributed by atoms with van der Waals surface area (Å²) >= 11 is 1.57. The number of ether oxygens (including phenoxy) is 2. The molecule has 3 heterocycles. The first kappa shape index (κ1) is 22.7. The molecule has 1 atom stereocenters. The molecule has 5 rings (SSSR count). The largest absolute Gasteiger partial charge is 0.495 e. The Balaban J connectivity index is 1.52. The third-order valence-electron chi connectivity index (χ3n) is 5.69. The molecule has 0 radical (unpaired) electrons. The number of benzene rings is 2. The highest BCUT2D eigenvalue weighted by molar-refractivity contribution is 7.10. The number of fused-ring (bicyclic) bond motifs is 1. The van der Waals surface area contributed by atoms with Crippen molar-refractivity contribution < 1.29 is 14.3 Å². The van der Waals surface area contributed by atoms with E-state index >= 15 is 0 Å². The zero-order chi connectivity index (χ0) is 24.4. The van der Waals surface area contributed by atoms with Crippen LogP contribution in [0, 0.1) is 0 Å². The number of rotatable bonds is 7.